The van der Waals surface area contributed by atoms with Crippen LogP contribution in [0.1, 0.15) is 19.6 Å². The molecular formula is C11H17NO3. The zero-order valence-electron chi connectivity index (χ0n) is 9.32. The van der Waals surface area contributed by atoms with E-state index in [1.54, 1.807) is 13.2 Å². The molecule has 0 aliphatic rings. The molecule has 1 N–H and O–H groups in total. The Balaban J connectivity index is 2.35. The van der Waals surface area contributed by atoms with Crippen molar-refractivity contribution >= 4 is 5.97 Å². The molecule has 0 aliphatic heterocycles. The fourth-order valence-electron chi connectivity index (χ4n) is 1.46. The van der Waals surface area contributed by atoms with Gasteiger partial charge in [-0.2, -0.15) is 0 Å². The molecule has 1 rings (SSSR count). The van der Waals surface area contributed by atoms with E-state index in [9.17, 15) is 4.79 Å². The van der Waals surface area contributed by atoms with Gasteiger partial charge in [0.25, 0.3) is 0 Å². The quantitative estimate of drug-likeness (QED) is 0.747. The van der Waals surface area contributed by atoms with Gasteiger partial charge in [0.2, 0.25) is 0 Å². The van der Waals surface area contributed by atoms with E-state index >= 15 is 0 Å². The van der Waals surface area contributed by atoms with Gasteiger partial charge in [0, 0.05) is 12.5 Å². The van der Waals surface area contributed by atoms with Gasteiger partial charge in [-0.25, -0.2) is 0 Å². The Bertz CT molecular complexity index is 295. The van der Waals surface area contributed by atoms with Crippen molar-refractivity contribution < 1.29 is 13.9 Å². The molecule has 0 saturated heterocycles. The lowest BCUT2D eigenvalue weighted by Crippen LogP contribution is -2.41. The normalized spacial score (nSPS) is 14.6. The Morgan fingerprint density at radius 1 is 1.60 bits per heavy atom. The molecule has 4 heteroatoms. The minimum Gasteiger partial charge on any atom is -0.469 e. The van der Waals surface area contributed by atoms with Gasteiger partial charge in [-0.3, -0.25) is 4.79 Å². The first-order valence-corrected chi connectivity index (χ1v) is 4.99. The monoisotopic (exact) mass is 211 g/mol. The predicted molar refractivity (Wildman–Crippen MR) is 56.5 cm³/mol. The van der Waals surface area contributed by atoms with Gasteiger partial charge in [0.1, 0.15) is 11.8 Å². The van der Waals surface area contributed by atoms with Gasteiger partial charge < -0.3 is 14.5 Å². The maximum Gasteiger partial charge on any atom is 0.322 e. The SMILES string of the molecule is COC(=O)[C@H](C)NC(C)Cc1ccco1. The Morgan fingerprint density at radius 2 is 2.33 bits per heavy atom. The molecule has 2 atom stereocenters. The van der Waals surface area contributed by atoms with Crippen LogP contribution in [-0.2, 0) is 16.0 Å². The van der Waals surface area contributed by atoms with E-state index in [0.29, 0.717) is 0 Å². The minimum atomic E-state index is -0.292. The summed E-state index contributed by atoms with van der Waals surface area (Å²) >= 11 is 0. The van der Waals surface area contributed by atoms with Crippen molar-refractivity contribution in [1.82, 2.24) is 5.32 Å². The lowest BCUT2D eigenvalue weighted by atomic mass is 10.1. The molecule has 0 bridgehead atoms. The molecule has 0 saturated carbocycles. The van der Waals surface area contributed by atoms with Crippen LogP contribution in [-0.4, -0.2) is 25.2 Å². The summed E-state index contributed by atoms with van der Waals surface area (Å²) in [4.78, 5) is 11.1. The summed E-state index contributed by atoms with van der Waals surface area (Å²) in [5.74, 6) is 0.661. The van der Waals surface area contributed by atoms with Gasteiger partial charge in [-0.1, -0.05) is 0 Å². The summed E-state index contributed by atoms with van der Waals surface area (Å²) < 4.78 is 9.84. The van der Waals surface area contributed by atoms with E-state index < -0.39 is 0 Å². The number of methoxy groups -OCH3 is 1. The number of nitrogens with one attached hydrogen (secondary N) is 1. The fourth-order valence-corrected chi connectivity index (χ4v) is 1.46. The molecule has 15 heavy (non-hydrogen) atoms. The number of hydrogen-bond donors (Lipinski definition) is 1. The van der Waals surface area contributed by atoms with Gasteiger partial charge in [-0.15, -0.1) is 0 Å². The third-order valence-corrected chi connectivity index (χ3v) is 2.18. The summed E-state index contributed by atoms with van der Waals surface area (Å²) in [6.45, 7) is 3.78. The largest absolute Gasteiger partial charge is 0.469 e. The maximum absolute atomic E-state index is 11.1. The van der Waals surface area contributed by atoms with Crippen molar-refractivity contribution in [3.05, 3.63) is 24.2 Å². The van der Waals surface area contributed by atoms with E-state index in [1.807, 2.05) is 19.1 Å². The van der Waals surface area contributed by atoms with Crippen molar-refractivity contribution in [2.75, 3.05) is 7.11 Å². The average molecular weight is 211 g/mol. The number of furan rings is 1. The molecule has 84 valence electrons. The third kappa shape index (κ3) is 3.75. The van der Waals surface area contributed by atoms with Crippen LogP contribution in [0.5, 0.6) is 0 Å². The van der Waals surface area contributed by atoms with Crippen LogP contribution in [0.4, 0.5) is 0 Å². The number of esters is 1. The molecule has 1 unspecified atom stereocenters. The van der Waals surface area contributed by atoms with Crippen molar-refractivity contribution in [2.45, 2.75) is 32.4 Å². The first kappa shape index (κ1) is 11.8. The Labute approximate surface area is 89.6 Å². The lowest BCUT2D eigenvalue weighted by molar-refractivity contribution is -0.142. The molecule has 1 aromatic rings. The van der Waals surface area contributed by atoms with Gasteiger partial charge in [0.15, 0.2) is 0 Å². The summed E-state index contributed by atoms with van der Waals surface area (Å²) in [7, 11) is 1.39. The fraction of sp³-hybridized carbons (Fsp3) is 0.545. The topological polar surface area (TPSA) is 51.5 Å². The average Bonchev–Trinajstić information content (AvgIpc) is 2.68. The zero-order chi connectivity index (χ0) is 11.3. The van der Waals surface area contributed by atoms with Crippen LogP contribution in [0, 0.1) is 0 Å². The van der Waals surface area contributed by atoms with E-state index in [-0.39, 0.29) is 18.1 Å². The molecule has 1 aromatic heterocycles. The summed E-state index contributed by atoms with van der Waals surface area (Å²) in [6, 6.07) is 3.65. The summed E-state index contributed by atoms with van der Waals surface area (Å²) in [5.41, 5.74) is 0. The van der Waals surface area contributed by atoms with Gasteiger partial charge in [-0.05, 0) is 26.0 Å². The lowest BCUT2D eigenvalue weighted by Gasteiger charge is -2.17. The van der Waals surface area contributed by atoms with Gasteiger partial charge in [0.05, 0.1) is 13.4 Å². The molecule has 4 nitrogen and oxygen atoms in total. The number of hydrogen-bond acceptors (Lipinski definition) is 4. The number of carbonyl (C=O) groups excluding carboxylic acids is 1. The summed E-state index contributed by atoms with van der Waals surface area (Å²) in [6.07, 6.45) is 2.40. The molecule has 0 aromatic carbocycles. The van der Waals surface area contributed by atoms with Crippen LogP contribution >= 0.6 is 0 Å². The standard InChI is InChI=1S/C11H17NO3/c1-8(7-10-5-4-6-15-10)12-9(2)11(13)14-3/h4-6,8-9,12H,7H2,1-3H3/t8?,9-/m0/s1. The highest BCUT2D eigenvalue weighted by atomic mass is 16.5. The number of carbonyl (C=O) groups is 1. The molecule has 0 amide bonds. The van der Waals surface area contributed by atoms with Gasteiger partial charge >= 0.3 is 5.97 Å². The van der Waals surface area contributed by atoms with Crippen LogP contribution in [0.2, 0.25) is 0 Å². The molecule has 0 aliphatic carbocycles. The Morgan fingerprint density at radius 3 is 2.87 bits per heavy atom. The highest BCUT2D eigenvalue weighted by Crippen LogP contribution is 2.04. The number of rotatable bonds is 5. The predicted octanol–water partition coefficient (Wildman–Crippen LogP) is 1.36. The van der Waals surface area contributed by atoms with Crippen LogP contribution in [0.15, 0.2) is 22.8 Å². The maximum atomic E-state index is 11.1. The molecule has 0 fully saturated rings. The smallest absolute Gasteiger partial charge is 0.322 e. The summed E-state index contributed by atoms with van der Waals surface area (Å²) in [5, 5.41) is 3.13. The second-order valence-electron chi connectivity index (χ2n) is 3.60. The Hall–Kier alpha value is -1.29. The van der Waals surface area contributed by atoms with Crippen LogP contribution in [0.25, 0.3) is 0 Å². The highest BCUT2D eigenvalue weighted by Gasteiger charge is 2.15. The van der Waals surface area contributed by atoms with E-state index in [2.05, 4.69) is 10.1 Å². The van der Waals surface area contributed by atoms with Crippen LogP contribution in [0.3, 0.4) is 0 Å². The first-order valence-electron chi connectivity index (χ1n) is 4.99. The first-order chi connectivity index (χ1) is 7.13. The van der Waals surface area contributed by atoms with E-state index in [4.69, 9.17) is 4.42 Å². The van der Waals surface area contributed by atoms with Crippen molar-refractivity contribution in [3.63, 3.8) is 0 Å². The molecule has 0 radical (unpaired) electrons. The molecular weight excluding hydrogens is 194 g/mol. The minimum absolute atomic E-state index is 0.172. The zero-order valence-corrected chi connectivity index (χ0v) is 9.32. The van der Waals surface area contributed by atoms with Crippen molar-refractivity contribution in [3.8, 4) is 0 Å². The van der Waals surface area contributed by atoms with Crippen LogP contribution < -0.4 is 5.32 Å². The number of ether oxygens (including phenoxy) is 1. The van der Waals surface area contributed by atoms with Crippen molar-refractivity contribution in [1.29, 1.82) is 0 Å². The van der Waals surface area contributed by atoms with E-state index in [1.165, 1.54) is 7.11 Å². The highest BCUT2D eigenvalue weighted by molar-refractivity contribution is 5.75. The van der Waals surface area contributed by atoms with Crippen molar-refractivity contribution in [2.24, 2.45) is 0 Å². The second kappa shape index (κ2) is 5.56. The van der Waals surface area contributed by atoms with E-state index in [0.717, 1.165) is 12.2 Å². The second-order valence-corrected chi connectivity index (χ2v) is 3.60. The Kier molecular flexibility index (Phi) is 4.37. The molecule has 1 heterocycles. The molecule has 0 spiro atoms. The third-order valence-electron chi connectivity index (χ3n) is 2.18.